The number of hydrogen-bond donors (Lipinski definition) is 1. The Bertz CT molecular complexity index is 775. The van der Waals surface area contributed by atoms with Crippen LogP contribution in [0.15, 0.2) is 36.4 Å². The molecule has 0 aromatic heterocycles. The number of nitro benzene ring substituents is 1. The fourth-order valence-electron chi connectivity index (χ4n) is 2.10. The summed E-state index contributed by atoms with van der Waals surface area (Å²) >= 11 is 0. The van der Waals surface area contributed by atoms with Crippen molar-refractivity contribution >= 4 is 17.3 Å². The van der Waals surface area contributed by atoms with E-state index in [2.05, 4.69) is 5.32 Å². The van der Waals surface area contributed by atoms with Crippen molar-refractivity contribution in [1.29, 1.82) is 0 Å². The van der Waals surface area contributed by atoms with E-state index in [1.54, 1.807) is 6.07 Å². The molecule has 0 bridgehead atoms. The van der Waals surface area contributed by atoms with E-state index in [0.29, 0.717) is 17.2 Å². The van der Waals surface area contributed by atoms with Crippen LogP contribution in [0.25, 0.3) is 0 Å². The summed E-state index contributed by atoms with van der Waals surface area (Å²) in [6.07, 6.45) is 0. The first-order valence-corrected chi connectivity index (χ1v) is 6.86. The van der Waals surface area contributed by atoms with Crippen LogP contribution in [-0.2, 0) is 0 Å². The van der Waals surface area contributed by atoms with Gasteiger partial charge in [-0.25, -0.2) is 0 Å². The fraction of sp³-hybridized carbons (Fsp3) is 0.188. The van der Waals surface area contributed by atoms with Crippen molar-refractivity contribution < 1.29 is 23.9 Å². The molecule has 2 rings (SSSR count). The maximum Gasteiger partial charge on any atom is 0.271 e. The number of non-ortho nitro benzene ring substituents is 1. The van der Waals surface area contributed by atoms with Crippen molar-refractivity contribution in [2.75, 3.05) is 26.6 Å². The molecule has 0 aliphatic heterocycles. The van der Waals surface area contributed by atoms with E-state index in [0.717, 1.165) is 0 Å². The SMILES string of the molecule is COc1cc(OC)c(C(=O)Nc2cccc([N+](=O)[O-])c2)cc1OC. The summed E-state index contributed by atoms with van der Waals surface area (Å²) in [5.74, 6) is 0.577. The average Bonchev–Trinajstić information content (AvgIpc) is 2.60. The number of nitro groups is 1. The molecule has 8 nitrogen and oxygen atoms in total. The molecule has 0 aliphatic rings. The van der Waals surface area contributed by atoms with Gasteiger partial charge in [0.1, 0.15) is 5.75 Å². The minimum Gasteiger partial charge on any atom is -0.496 e. The van der Waals surface area contributed by atoms with Gasteiger partial charge in [0.05, 0.1) is 31.8 Å². The number of carbonyl (C=O) groups excluding carboxylic acids is 1. The molecular weight excluding hydrogens is 316 g/mol. The quantitative estimate of drug-likeness (QED) is 0.645. The van der Waals surface area contributed by atoms with Crippen molar-refractivity contribution in [2.24, 2.45) is 0 Å². The monoisotopic (exact) mass is 332 g/mol. The molecule has 1 amide bonds. The Morgan fingerprint density at radius 3 is 2.21 bits per heavy atom. The fourth-order valence-corrected chi connectivity index (χ4v) is 2.10. The Balaban J connectivity index is 2.35. The Morgan fingerprint density at radius 1 is 1.00 bits per heavy atom. The second-order valence-electron chi connectivity index (χ2n) is 4.67. The highest BCUT2D eigenvalue weighted by Crippen LogP contribution is 2.35. The number of amides is 1. The van der Waals surface area contributed by atoms with Gasteiger partial charge in [0.2, 0.25) is 0 Å². The highest BCUT2D eigenvalue weighted by Gasteiger charge is 2.18. The number of methoxy groups -OCH3 is 3. The van der Waals surface area contributed by atoms with Gasteiger partial charge in [-0.05, 0) is 6.07 Å². The zero-order valence-electron chi connectivity index (χ0n) is 13.4. The summed E-state index contributed by atoms with van der Waals surface area (Å²) in [5.41, 5.74) is 0.389. The first kappa shape index (κ1) is 17.1. The van der Waals surface area contributed by atoms with Gasteiger partial charge in [0.25, 0.3) is 11.6 Å². The normalized spacial score (nSPS) is 9.96. The number of hydrogen-bond acceptors (Lipinski definition) is 6. The first-order valence-electron chi connectivity index (χ1n) is 6.86. The number of anilines is 1. The van der Waals surface area contributed by atoms with Crippen LogP contribution < -0.4 is 19.5 Å². The lowest BCUT2D eigenvalue weighted by Gasteiger charge is -2.14. The molecule has 0 saturated carbocycles. The van der Waals surface area contributed by atoms with Gasteiger partial charge in [-0.2, -0.15) is 0 Å². The highest BCUT2D eigenvalue weighted by molar-refractivity contribution is 6.06. The largest absolute Gasteiger partial charge is 0.496 e. The molecule has 0 atom stereocenters. The Morgan fingerprint density at radius 2 is 1.62 bits per heavy atom. The smallest absolute Gasteiger partial charge is 0.271 e. The lowest BCUT2D eigenvalue weighted by molar-refractivity contribution is -0.384. The van der Waals surface area contributed by atoms with Crippen molar-refractivity contribution in [3.8, 4) is 17.2 Å². The second kappa shape index (κ2) is 7.32. The van der Waals surface area contributed by atoms with Crippen molar-refractivity contribution in [3.63, 3.8) is 0 Å². The highest BCUT2D eigenvalue weighted by atomic mass is 16.6. The number of nitrogens with zero attached hydrogens (tertiary/aromatic N) is 1. The molecule has 0 fully saturated rings. The van der Waals surface area contributed by atoms with Gasteiger partial charge in [-0.3, -0.25) is 14.9 Å². The van der Waals surface area contributed by atoms with Crippen LogP contribution in [0.3, 0.4) is 0 Å². The Hall–Kier alpha value is -3.29. The van der Waals surface area contributed by atoms with E-state index in [9.17, 15) is 14.9 Å². The van der Waals surface area contributed by atoms with Crippen LogP contribution >= 0.6 is 0 Å². The van der Waals surface area contributed by atoms with E-state index in [1.165, 1.54) is 51.7 Å². The third-order valence-electron chi connectivity index (χ3n) is 3.27. The van der Waals surface area contributed by atoms with Crippen molar-refractivity contribution in [1.82, 2.24) is 0 Å². The third kappa shape index (κ3) is 3.54. The molecule has 0 aliphatic carbocycles. The lowest BCUT2D eigenvalue weighted by Crippen LogP contribution is -2.13. The summed E-state index contributed by atoms with van der Waals surface area (Å²) in [5, 5.41) is 13.4. The molecular formula is C16H16N2O6. The summed E-state index contributed by atoms with van der Waals surface area (Å²) < 4.78 is 15.5. The number of benzene rings is 2. The number of rotatable bonds is 6. The van der Waals surface area contributed by atoms with Crippen LogP contribution in [0.4, 0.5) is 11.4 Å². The van der Waals surface area contributed by atoms with Gasteiger partial charge in [-0.15, -0.1) is 0 Å². The van der Waals surface area contributed by atoms with E-state index in [4.69, 9.17) is 14.2 Å². The zero-order valence-corrected chi connectivity index (χ0v) is 13.4. The number of nitrogens with one attached hydrogen (secondary N) is 1. The maximum atomic E-state index is 12.5. The Kier molecular flexibility index (Phi) is 5.20. The van der Waals surface area contributed by atoms with E-state index < -0.39 is 10.8 Å². The first-order chi connectivity index (χ1) is 11.5. The van der Waals surface area contributed by atoms with Gasteiger partial charge in [0.15, 0.2) is 11.5 Å². The van der Waals surface area contributed by atoms with Gasteiger partial charge in [-0.1, -0.05) is 6.07 Å². The summed E-state index contributed by atoms with van der Waals surface area (Å²) in [7, 11) is 4.35. The number of carbonyl (C=O) groups is 1. The summed E-state index contributed by atoms with van der Waals surface area (Å²) in [6, 6.07) is 8.65. The molecule has 0 heterocycles. The number of ether oxygens (including phenoxy) is 3. The predicted octanol–water partition coefficient (Wildman–Crippen LogP) is 2.87. The molecule has 0 radical (unpaired) electrons. The molecule has 0 saturated heterocycles. The summed E-state index contributed by atoms with van der Waals surface area (Å²) in [6.45, 7) is 0. The predicted molar refractivity (Wildman–Crippen MR) is 87.1 cm³/mol. The molecule has 126 valence electrons. The van der Waals surface area contributed by atoms with Crippen LogP contribution in [0.5, 0.6) is 17.2 Å². The molecule has 0 unspecified atom stereocenters. The van der Waals surface area contributed by atoms with Gasteiger partial charge >= 0.3 is 0 Å². The molecule has 0 spiro atoms. The van der Waals surface area contributed by atoms with E-state index in [-0.39, 0.29) is 17.0 Å². The molecule has 8 heteroatoms. The standard InChI is InChI=1S/C16H16N2O6/c1-22-13-9-15(24-3)14(23-2)8-12(13)16(19)17-10-5-4-6-11(7-10)18(20)21/h4-9H,1-3H3,(H,17,19). The van der Waals surface area contributed by atoms with Crippen molar-refractivity contribution in [2.45, 2.75) is 0 Å². The van der Waals surface area contributed by atoms with Crippen molar-refractivity contribution in [3.05, 3.63) is 52.1 Å². The third-order valence-corrected chi connectivity index (χ3v) is 3.27. The van der Waals surface area contributed by atoms with Gasteiger partial charge in [0, 0.05) is 30.0 Å². The maximum absolute atomic E-state index is 12.5. The van der Waals surface area contributed by atoms with Crippen LogP contribution in [0.2, 0.25) is 0 Å². The van der Waals surface area contributed by atoms with E-state index >= 15 is 0 Å². The lowest BCUT2D eigenvalue weighted by atomic mass is 10.1. The summed E-state index contributed by atoms with van der Waals surface area (Å²) in [4.78, 5) is 22.8. The Labute approximate surface area is 138 Å². The molecule has 2 aromatic carbocycles. The van der Waals surface area contributed by atoms with Crippen LogP contribution in [-0.4, -0.2) is 32.2 Å². The second-order valence-corrected chi connectivity index (χ2v) is 4.67. The minimum absolute atomic E-state index is 0.118. The topological polar surface area (TPSA) is 99.9 Å². The van der Waals surface area contributed by atoms with Crippen LogP contribution in [0.1, 0.15) is 10.4 Å². The molecule has 24 heavy (non-hydrogen) atoms. The average molecular weight is 332 g/mol. The minimum atomic E-state index is -0.535. The van der Waals surface area contributed by atoms with E-state index in [1.807, 2.05) is 0 Å². The van der Waals surface area contributed by atoms with Crippen LogP contribution in [0, 0.1) is 10.1 Å². The molecule has 1 N–H and O–H groups in total. The zero-order chi connectivity index (χ0) is 17.7. The molecule has 2 aromatic rings. The van der Waals surface area contributed by atoms with Gasteiger partial charge < -0.3 is 19.5 Å².